The fourth-order valence-electron chi connectivity index (χ4n) is 4.85. The van der Waals surface area contributed by atoms with Crippen molar-refractivity contribution < 1.29 is 4.39 Å². The number of pyridine rings is 1. The van der Waals surface area contributed by atoms with Gasteiger partial charge in [-0.15, -0.1) is 0 Å². The van der Waals surface area contributed by atoms with Crippen LogP contribution in [0.25, 0.3) is 10.9 Å². The molecule has 0 radical (unpaired) electrons. The van der Waals surface area contributed by atoms with E-state index < -0.39 is 0 Å². The Morgan fingerprint density at radius 1 is 0.963 bits per heavy atom. The SMILES string of the molecule is Cc1c(C2=NC3(CCCCC3)Cc3cc(F)ccc32)cnc2ccccc12. The number of hydrogen-bond donors (Lipinski definition) is 0. The van der Waals surface area contributed by atoms with Crippen LogP contribution in [0.1, 0.15) is 54.4 Å². The Bertz CT molecular complexity index is 1060. The summed E-state index contributed by atoms with van der Waals surface area (Å²) in [5.41, 5.74) is 6.35. The van der Waals surface area contributed by atoms with Gasteiger partial charge in [0.05, 0.1) is 16.8 Å². The maximum absolute atomic E-state index is 14.0. The number of halogens is 1. The highest BCUT2D eigenvalue weighted by atomic mass is 19.1. The van der Waals surface area contributed by atoms with E-state index in [2.05, 4.69) is 24.0 Å². The molecule has 0 amide bonds. The lowest BCUT2D eigenvalue weighted by atomic mass is 9.74. The van der Waals surface area contributed by atoms with Gasteiger partial charge < -0.3 is 0 Å². The quantitative estimate of drug-likeness (QED) is 0.541. The molecule has 0 atom stereocenters. The van der Waals surface area contributed by atoms with E-state index in [0.717, 1.165) is 52.6 Å². The fourth-order valence-corrected chi connectivity index (χ4v) is 4.85. The molecular formula is C24H23FN2. The maximum Gasteiger partial charge on any atom is 0.123 e. The zero-order chi connectivity index (χ0) is 18.4. The number of para-hydroxylation sites is 1. The molecule has 136 valence electrons. The third kappa shape index (κ3) is 2.77. The van der Waals surface area contributed by atoms with Crippen molar-refractivity contribution >= 4 is 16.6 Å². The van der Waals surface area contributed by atoms with Gasteiger partial charge in [0.25, 0.3) is 0 Å². The Hall–Kier alpha value is -2.55. The molecule has 0 bridgehead atoms. The number of aryl methyl sites for hydroxylation is 1. The van der Waals surface area contributed by atoms with Crippen LogP contribution in [0.15, 0.2) is 53.7 Å². The average molecular weight is 358 g/mol. The summed E-state index contributed by atoms with van der Waals surface area (Å²) in [4.78, 5) is 10.0. The number of aromatic nitrogens is 1. The number of hydrogen-bond acceptors (Lipinski definition) is 2. The van der Waals surface area contributed by atoms with Crippen LogP contribution in [0, 0.1) is 12.7 Å². The van der Waals surface area contributed by atoms with Crippen molar-refractivity contribution in [3.05, 3.63) is 76.7 Å². The molecule has 2 aliphatic rings. The van der Waals surface area contributed by atoms with Crippen LogP contribution in [0.3, 0.4) is 0 Å². The molecule has 3 aromatic rings. The summed E-state index contributed by atoms with van der Waals surface area (Å²) in [6, 6.07) is 13.4. The second kappa shape index (κ2) is 6.26. The first-order chi connectivity index (χ1) is 13.2. The molecule has 0 unspecified atom stereocenters. The van der Waals surface area contributed by atoms with Crippen molar-refractivity contribution in [3.63, 3.8) is 0 Å². The minimum Gasteiger partial charge on any atom is -0.277 e. The van der Waals surface area contributed by atoms with Crippen LogP contribution in [0.5, 0.6) is 0 Å². The summed E-state index contributed by atoms with van der Waals surface area (Å²) in [6.45, 7) is 2.15. The highest BCUT2D eigenvalue weighted by Gasteiger charge is 2.37. The maximum atomic E-state index is 14.0. The van der Waals surface area contributed by atoms with E-state index in [0.29, 0.717) is 0 Å². The minimum atomic E-state index is -0.158. The summed E-state index contributed by atoms with van der Waals surface area (Å²) in [5, 5.41) is 1.16. The summed E-state index contributed by atoms with van der Waals surface area (Å²) in [7, 11) is 0. The van der Waals surface area contributed by atoms with Crippen molar-refractivity contribution in [1.29, 1.82) is 0 Å². The monoisotopic (exact) mass is 358 g/mol. The van der Waals surface area contributed by atoms with Crippen molar-refractivity contribution in [1.82, 2.24) is 4.98 Å². The van der Waals surface area contributed by atoms with E-state index in [1.54, 1.807) is 12.1 Å². The molecule has 2 aromatic carbocycles. The van der Waals surface area contributed by atoms with Gasteiger partial charge in [0.1, 0.15) is 5.82 Å². The Kier molecular flexibility index (Phi) is 3.85. The molecule has 3 heteroatoms. The third-order valence-electron chi connectivity index (χ3n) is 6.28. The molecule has 5 rings (SSSR count). The number of aliphatic imine (C=N–C) groups is 1. The average Bonchev–Trinajstić information content (AvgIpc) is 2.68. The zero-order valence-electron chi connectivity index (χ0n) is 15.6. The second-order valence-corrected chi connectivity index (χ2v) is 8.04. The second-order valence-electron chi connectivity index (χ2n) is 8.04. The van der Waals surface area contributed by atoms with Crippen LogP contribution in [0.2, 0.25) is 0 Å². The first-order valence-electron chi connectivity index (χ1n) is 9.89. The van der Waals surface area contributed by atoms with Crippen molar-refractivity contribution in [2.24, 2.45) is 4.99 Å². The molecule has 0 N–H and O–H groups in total. The molecule has 1 aliphatic carbocycles. The number of rotatable bonds is 1. The summed E-state index contributed by atoms with van der Waals surface area (Å²) in [5.74, 6) is -0.158. The molecule has 1 spiro atoms. The van der Waals surface area contributed by atoms with Gasteiger partial charge in [-0.25, -0.2) is 4.39 Å². The van der Waals surface area contributed by atoms with Gasteiger partial charge in [0.15, 0.2) is 0 Å². The van der Waals surface area contributed by atoms with Gasteiger partial charge >= 0.3 is 0 Å². The van der Waals surface area contributed by atoms with Crippen molar-refractivity contribution in [3.8, 4) is 0 Å². The Labute approximate surface area is 159 Å². The smallest absolute Gasteiger partial charge is 0.123 e. The van der Waals surface area contributed by atoms with Gasteiger partial charge in [-0.2, -0.15) is 0 Å². The molecule has 1 aliphatic heterocycles. The highest BCUT2D eigenvalue weighted by Crippen LogP contribution is 2.40. The number of nitrogens with zero attached hydrogens (tertiary/aromatic N) is 2. The van der Waals surface area contributed by atoms with Crippen LogP contribution < -0.4 is 0 Å². The predicted octanol–water partition coefficient (Wildman–Crippen LogP) is 5.78. The third-order valence-corrected chi connectivity index (χ3v) is 6.28. The molecule has 0 saturated heterocycles. The van der Waals surface area contributed by atoms with Crippen LogP contribution in [-0.2, 0) is 6.42 Å². The minimum absolute atomic E-state index is 0.0769. The fraction of sp³-hybridized carbons (Fsp3) is 0.333. The lowest BCUT2D eigenvalue weighted by Gasteiger charge is -2.38. The number of benzene rings is 2. The summed E-state index contributed by atoms with van der Waals surface area (Å²) in [6.07, 6.45) is 8.67. The Morgan fingerprint density at radius 2 is 1.78 bits per heavy atom. The zero-order valence-corrected chi connectivity index (χ0v) is 15.6. The van der Waals surface area contributed by atoms with Crippen molar-refractivity contribution in [2.75, 3.05) is 0 Å². The molecule has 2 nitrogen and oxygen atoms in total. The predicted molar refractivity (Wildman–Crippen MR) is 108 cm³/mol. The highest BCUT2D eigenvalue weighted by molar-refractivity contribution is 6.16. The molecular weight excluding hydrogens is 335 g/mol. The van der Waals surface area contributed by atoms with E-state index in [9.17, 15) is 4.39 Å². The van der Waals surface area contributed by atoms with E-state index in [-0.39, 0.29) is 11.4 Å². The van der Waals surface area contributed by atoms with Crippen molar-refractivity contribution in [2.45, 2.75) is 51.0 Å². The van der Waals surface area contributed by atoms with Crippen LogP contribution in [-0.4, -0.2) is 16.2 Å². The Balaban J connectivity index is 1.74. The molecule has 1 aromatic heterocycles. The first-order valence-corrected chi connectivity index (χ1v) is 9.89. The van der Waals surface area contributed by atoms with E-state index in [1.807, 2.05) is 24.4 Å². The van der Waals surface area contributed by atoms with Gasteiger partial charge in [-0.1, -0.05) is 37.5 Å². The first kappa shape index (κ1) is 16.6. The van der Waals surface area contributed by atoms with Gasteiger partial charge in [-0.3, -0.25) is 9.98 Å². The van der Waals surface area contributed by atoms with E-state index in [1.165, 1.54) is 24.8 Å². The topological polar surface area (TPSA) is 25.2 Å². The lowest BCUT2D eigenvalue weighted by molar-refractivity contribution is 0.294. The molecule has 2 heterocycles. The molecule has 1 saturated carbocycles. The summed E-state index contributed by atoms with van der Waals surface area (Å²) < 4.78 is 14.0. The van der Waals surface area contributed by atoms with Crippen LogP contribution >= 0.6 is 0 Å². The molecule has 27 heavy (non-hydrogen) atoms. The largest absolute Gasteiger partial charge is 0.277 e. The lowest BCUT2D eigenvalue weighted by Crippen LogP contribution is -2.37. The van der Waals surface area contributed by atoms with Crippen LogP contribution in [0.4, 0.5) is 4.39 Å². The summed E-state index contributed by atoms with van der Waals surface area (Å²) >= 11 is 0. The van der Waals surface area contributed by atoms with E-state index >= 15 is 0 Å². The van der Waals surface area contributed by atoms with Gasteiger partial charge in [-0.05, 0) is 61.6 Å². The Morgan fingerprint density at radius 3 is 2.63 bits per heavy atom. The molecule has 1 fully saturated rings. The number of fused-ring (bicyclic) bond motifs is 2. The standard InChI is InChI=1S/C24H23FN2/c1-16-19-7-3-4-8-22(19)26-15-21(16)23-20-10-9-18(25)13-17(20)14-24(27-23)11-5-2-6-12-24/h3-4,7-10,13,15H,2,5-6,11-12,14H2,1H3. The van der Waals surface area contributed by atoms with E-state index in [4.69, 9.17) is 4.99 Å². The van der Waals surface area contributed by atoms with Gasteiger partial charge in [0.2, 0.25) is 0 Å². The van der Waals surface area contributed by atoms with Gasteiger partial charge in [0, 0.05) is 22.7 Å². The normalized spacial score (nSPS) is 18.4.